The molecule has 1 N–H and O–H groups in total. The van der Waals surface area contributed by atoms with E-state index in [0.717, 1.165) is 57.1 Å². The summed E-state index contributed by atoms with van der Waals surface area (Å²) in [6, 6.07) is 9.29. The Morgan fingerprint density at radius 1 is 1.12 bits per heavy atom. The van der Waals surface area contributed by atoms with Crippen molar-refractivity contribution in [1.29, 1.82) is 0 Å². The lowest BCUT2D eigenvalue weighted by atomic mass is 9.92. The quantitative estimate of drug-likeness (QED) is 0.398. The molecule has 0 amide bonds. The van der Waals surface area contributed by atoms with E-state index in [9.17, 15) is 13.2 Å². The van der Waals surface area contributed by atoms with Crippen LogP contribution in [0.5, 0.6) is 0 Å². The lowest BCUT2D eigenvalue weighted by molar-refractivity contribution is -0.703. The van der Waals surface area contributed by atoms with Gasteiger partial charge in [0.05, 0.1) is 17.6 Å². The Hall–Kier alpha value is -2.10. The minimum atomic E-state index is -4.56. The Bertz CT molecular complexity index is 1400. The van der Waals surface area contributed by atoms with E-state index >= 15 is 0 Å². The van der Waals surface area contributed by atoms with Crippen molar-refractivity contribution in [3.8, 4) is 0 Å². The van der Waals surface area contributed by atoms with Gasteiger partial charge in [0.2, 0.25) is 6.33 Å². The highest BCUT2D eigenvalue weighted by Crippen LogP contribution is 2.42. The first-order valence-electron chi connectivity index (χ1n) is 13.5. The summed E-state index contributed by atoms with van der Waals surface area (Å²) in [5.74, 6) is 0.680. The molecule has 11 heteroatoms. The molecule has 3 aliphatic rings. The van der Waals surface area contributed by atoms with Crippen molar-refractivity contribution in [3.63, 3.8) is 0 Å². The minimum absolute atomic E-state index is 0. The third-order valence-corrected chi connectivity index (χ3v) is 8.71. The van der Waals surface area contributed by atoms with Crippen LogP contribution in [0.2, 0.25) is 10.0 Å². The van der Waals surface area contributed by atoms with Crippen LogP contribution in [0, 0.1) is 5.92 Å². The summed E-state index contributed by atoms with van der Waals surface area (Å²) in [5.41, 5.74) is 4.84. The van der Waals surface area contributed by atoms with E-state index in [4.69, 9.17) is 23.2 Å². The van der Waals surface area contributed by atoms with Crippen molar-refractivity contribution in [2.24, 2.45) is 5.92 Å². The molecule has 6 rings (SSSR count). The first-order chi connectivity index (χ1) is 18.7. The van der Waals surface area contributed by atoms with Crippen molar-refractivity contribution in [2.75, 3.05) is 26.2 Å². The standard InChI is InChI=1S/C29H31Cl2F3N5.ClH/c30-21-4-3-20-12-25-23(24(20)13-21)7-9-39(8-1-2-22-5-6-26(31)28(36-22)29(32,33)34)27(25)17-38-11-10-37(18-38)16-19-14-35-15-19;/h3-6,10-11,13,18-19,27,35H,1-2,7-9,12,14-17H2;1H/q+1;/p-1. The van der Waals surface area contributed by atoms with Gasteiger partial charge in [0.25, 0.3) is 0 Å². The molecule has 1 unspecified atom stereocenters. The van der Waals surface area contributed by atoms with Gasteiger partial charge in [-0.25, -0.2) is 14.1 Å². The normalized spacial score (nSPS) is 19.3. The van der Waals surface area contributed by atoms with Crippen LogP contribution in [0.1, 0.15) is 35.4 Å². The zero-order valence-electron chi connectivity index (χ0n) is 21.9. The molecule has 1 aliphatic carbocycles. The number of hydrogen-bond acceptors (Lipinski definition) is 3. The van der Waals surface area contributed by atoms with Gasteiger partial charge in [-0.2, -0.15) is 13.2 Å². The lowest BCUT2D eigenvalue weighted by Gasteiger charge is -2.36. The second kappa shape index (κ2) is 12.0. The van der Waals surface area contributed by atoms with Gasteiger partial charge in [-0.1, -0.05) is 29.3 Å². The third-order valence-electron chi connectivity index (χ3n) is 8.17. The highest BCUT2D eigenvalue weighted by molar-refractivity contribution is 6.31. The van der Waals surface area contributed by atoms with Crippen LogP contribution in [-0.2, 0) is 32.1 Å². The number of imidazole rings is 1. The molecular weight excluding hydrogens is 582 g/mol. The number of alkyl halides is 3. The van der Waals surface area contributed by atoms with Crippen molar-refractivity contribution in [3.05, 3.63) is 87.2 Å². The summed E-state index contributed by atoms with van der Waals surface area (Å²) in [6.45, 7) is 5.65. The Morgan fingerprint density at radius 3 is 2.70 bits per heavy atom. The van der Waals surface area contributed by atoms with Crippen LogP contribution >= 0.6 is 23.2 Å². The number of nitrogens with zero attached hydrogens (tertiary/aromatic N) is 4. The van der Waals surface area contributed by atoms with E-state index in [1.165, 1.54) is 28.3 Å². The largest absolute Gasteiger partial charge is 1.00 e. The Balaban J connectivity index is 0.00000323. The van der Waals surface area contributed by atoms with Gasteiger partial charge >= 0.3 is 6.18 Å². The van der Waals surface area contributed by atoms with Crippen LogP contribution in [0.15, 0.2) is 54.6 Å². The first-order valence-corrected chi connectivity index (χ1v) is 14.2. The number of fused-ring (bicyclic) bond motifs is 2. The maximum Gasteiger partial charge on any atom is 0.434 e. The molecular formula is C29H31Cl3F3N5. The smallest absolute Gasteiger partial charge is 0.434 e. The van der Waals surface area contributed by atoms with Gasteiger partial charge in [0.15, 0.2) is 5.69 Å². The molecule has 0 bridgehead atoms. The van der Waals surface area contributed by atoms with Crippen molar-refractivity contribution >= 4 is 28.8 Å². The number of rotatable bonds is 8. The number of nitrogens with one attached hydrogen (secondary N) is 1. The van der Waals surface area contributed by atoms with Gasteiger partial charge in [-0.15, -0.1) is 0 Å². The van der Waals surface area contributed by atoms with Gasteiger partial charge in [0.1, 0.15) is 18.9 Å². The average molecular weight is 613 g/mol. The number of benzene rings is 1. The predicted molar refractivity (Wildman–Crippen MR) is 146 cm³/mol. The molecule has 3 aromatic rings. The van der Waals surface area contributed by atoms with Crippen molar-refractivity contribution in [2.45, 2.75) is 51.0 Å². The number of hydrogen-bond donors (Lipinski definition) is 1. The van der Waals surface area contributed by atoms with Gasteiger partial charge in [0, 0.05) is 36.3 Å². The topological polar surface area (TPSA) is 37.0 Å². The fourth-order valence-corrected chi connectivity index (χ4v) is 6.51. The highest BCUT2D eigenvalue weighted by Gasteiger charge is 2.37. The average Bonchev–Trinajstić information content (AvgIpc) is 3.47. The summed E-state index contributed by atoms with van der Waals surface area (Å²) in [7, 11) is 0. The number of halogens is 6. The van der Waals surface area contributed by atoms with Crippen LogP contribution in [-0.4, -0.2) is 46.7 Å². The van der Waals surface area contributed by atoms with Gasteiger partial charge in [-0.05, 0) is 78.8 Å². The molecule has 1 saturated heterocycles. The fraction of sp³-hybridized carbons (Fsp3) is 0.448. The van der Waals surface area contributed by atoms with E-state index in [1.807, 2.05) is 6.07 Å². The summed E-state index contributed by atoms with van der Waals surface area (Å²) < 4.78 is 44.4. The third kappa shape index (κ3) is 6.21. The zero-order chi connectivity index (χ0) is 27.1. The number of aromatic nitrogens is 3. The van der Waals surface area contributed by atoms with E-state index < -0.39 is 11.9 Å². The van der Waals surface area contributed by atoms with E-state index in [1.54, 1.807) is 6.07 Å². The molecule has 40 heavy (non-hydrogen) atoms. The Morgan fingerprint density at radius 2 is 1.95 bits per heavy atom. The molecule has 0 spiro atoms. The minimum Gasteiger partial charge on any atom is -1.00 e. The fourth-order valence-electron chi connectivity index (χ4n) is 6.12. The number of aryl methyl sites for hydroxylation is 1. The molecule has 1 atom stereocenters. The zero-order valence-corrected chi connectivity index (χ0v) is 24.2. The Labute approximate surface area is 248 Å². The van der Waals surface area contributed by atoms with Crippen LogP contribution in [0.25, 0.3) is 5.57 Å². The maximum absolute atomic E-state index is 13.3. The van der Waals surface area contributed by atoms with Gasteiger partial charge < -0.3 is 17.7 Å². The van der Waals surface area contributed by atoms with Crippen molar-refractivity contribution in [1.82, 2.24) is 19.8 Å². The molecule has 5 nitrogen and oxygen atoms in total. The van der Waals surface area contributed by atoms with Gasteiger partial charge in [-0.3, -0.25) is 4.90 Å². The van der Waals surface area contributed by atoms with Crippen LogP contribution in [0.3, 0.4) is 0 Å². The monoisotopic (exact) mass is 611 g/mol. The van der Waals surface area contributed by atoms with Crippen LogP contribution < -0.4 is 22.3 Å². The second-order valence-electron chi connectivity index (χ2n) is 10.8. The molecule has 1 fully saturated rings. The van der Waals surface area contributed by atoms with E-state index in [-0.39, 0.29) is 23.5 Å². The molecule has 2 aliphatic heterocycles. The predicted octanol–water partition coefficient (Wildman–Crippen LogP) is 2.44. The lowest BCUT2D eigenvalue weighted by Crippen LogP contribution is -3.00. The van der Waals surface area contributed by atoms with E-state index in [2.05, 4.69) is 55.2 Å². The Kier molecular flexibility index (Phi) is 8.83. The summed E-state index contributed by atoms with van der Waals surface area (Å²) in [6.07, 6.45) is 4.96. The molecule has 2 aromatic heterocycles. The highest BCUT2D eigenvalue weighted by atomic mass is 35.5. The summed E-state index contributed by atoms with van der Waals surface area (Å²) in [5, 5.41) is 3.73. The molecule has 214 valence electrons. The summed E-state index contributed by atoms with van der Waals surface area (Å²) in [4.78, 5) is 6.32. The molecule has 1 aromatic carbocycles. The first kappa shape index (κ1) is 29.4. The molecule has 0 saturated carbocycles. The molecule has 0 radical (unpaired) electrons. The van der Waals surface area contributed by atoms with E-state index in [0.29, 0.717) is 24.5 Å². The number of pyridine rings is 1. The SMILES string of the molecule is FC(F)(F)c1nc(CCCN2CCC3=C(Cc4ccc(Cl)cc43)C2Cn2cc[n+](CC3CNC3)c2)ccc1Cl.[Cl-]. The molecule has 4 heterocycles. The van der Waals surface area contributed by atoms with Crippen LogP contribution in [0.4, 0.5) is 13.2 Å². The maximum atomic E-state index is 13.3. The van der Waals surface area contributed by atoms with Crippen molar-refractivity contribution < 1.29 is 30.1 Å². The second-order valence-corrected chi connectivity index (χ2v) is 11.7. The summed E-state index contributed by atoms with van der Waals surface area (Å²) >= 11 is 12.1.